The van der Waals surface area contributed by atoms with Gasteiger partial charge in [-0.25, -0.2) is 0 Å². The predicted molar refractivity (Wildman–Crippen MR) is 93.8 cm³/mol. The SMILES string of the molecule is O=C(CCCCC1CCSS1)Nc1ccc2c(c1)C(=O)NC2=O. The van der Waals surface area contributed by atoms with Crippen molar-refractivity contribution in [1.29, 1.82) is 0 Å². The molecule has 7 heteroatoms. The molecule has 0 saturated carbocycles. The highest BCUT2D eigenvalue weighted by Gasteiger charge is 2.26. The number of carbonyl (C=O) groups excluding carboxylic acids is 3. The summed E-state index contributed by atoms with van der Waals surface area (Å²) in [4.78, 5) is 35.0. The molecule has 2 heterocycles. The Balaban J connectivity index is 1.45. The molecule has 1 atom stereocenters. The first-order chi connectivity index (χ1) is 11.1. The predicted octanol–water partition coefficient (Wildman–Crippen LogP) is 3.22. The van der Waals surface area contributed by atoms with Gasteiger partial charge in [-0.2, -0.15) is 0 Å². The van der Waals surface area contributed by atoms with Gasteiger partial charge in [0.15, 0.2) is 0 Å². The van der Waals surface area contributed by atoms with E-state index in [1.807, 2.05) is 21.6 Å². The summed E-state index contributed by atoms with van der Waals surface area (Å²) in [6.07, 6.45) is 4.86. The van der Waals surface area contributed by atoms with E-state index in [9.17, 15) is 14.4 Å². The Morgan fingerprint density at radius 1 is 1.22 bits per heavy atom. The number of carbonyl (C=O) groups is 3. The maximum atomic E-state index is 12.0. The van der Waals surface area contributed by atoms with E-state index >= 15 is 0 Å². The minimum atomic E-state index is -0.409. The number of fused-ring (bicyclic) bond motifs is 1. The van der Waals surface area contributed by atoms with Crippen molar-refractivity contribution in [3.8, 4) is 0 Å². The first kappa shape index (κ1) is 16.4. The summed E-state index contributed by atoms with van der Waals surface area (Å²) in [6.45, 7) is 0. The molecule has 0 bridgehead atoms. The highest BCUT2D eigenvalue weighted by atomic mass is 33.1. The molecule has 0 aliphatic carbocycles. The molecule has 3 rings (SSSR count). The van der Waals surface area contributed by atoms with Gasteiger partial charge in [0.25, 0.3) is 11.8 Å². The van der Waals surface area contributed by atoms with Crippen LogP contribution in [-0.2, 0) is 4.79 Å². The number of unbranched alkanes of at least 4 members (excludes halogenated alkanes) is 1. The maximum absolute atomic E-state index is 12.0. The van der Waals surface area contributed by atoms with Crippen molar-refractivity contribution in [3.05, 3.63) is 29.3 Å². The van der Waals surface area contributed by atoms with E-state index in [-0.39, 0.29) is 11.8 Å². The maximum Gasteiger partial charge on any atom is 0.259 e. The molecule has 0 radical (unpaired) electrons. The third-order valence-electron chi connectivity index (χ3n) is 3.93. The van der Waals surface area contributed by atoms with Crippen LogP contribution in [0, 0.1) is 0 Å². The number of hydrogen-bond acceptors (Lipinski definition) is 5. The van der Waals surface area contributed by atoms with E-state index in [4.69, 9.17) is 0 Å². The van der Waals surface area contributed by atoms with Gasteiger partial charge in [0.1, 0.15) is 0 Å². The van der Waals surface area contributed by atoms with Gasteiger partial charge in [0.05, 0.1) is 11.1 Å². The molecular weight excluding hydrogens is 332 g/mol. The third-order valence-corrected chi connectivity index (χ3v) is 6.93. The molecule has 2 N–H and O–H groups in total. The van der Waals surface area contributed by atoms with Gasteiger partial charge in [-0.15, -0.1) is 0 Å². The fourth-order valence-electron chi connectivity index (χ4n) is 2.69. The molecule has 5 nitrogen and oxygen atoms in total. The summed E-state index contributed by atoms with van der Waals surface area (Å²) in [5.74, 6) is 0.395. The number of nitrogens with one attached hydrogen (secondary N) is 2. The second-order valence-corrected chi connectivity index (χ2v) is 8.45. The van der Waals surface area contributed by atoms with Gasteiger partial charge in [-0.1, -0.05) is 28.0 Å². The molecule has 0 spiro atoms. The Morgan fingerprint density at radius 3 is 2.83 bits per heavy atom. The number of anilines is 1. The topological polar surface area (TPSA) is 75.3 Å². The lowest BCUT2D eigenvalue weighted by Gasteiger charge is -2.08. The molecule has 2 aliphatic heterocycles. The lowest BCUT2D eigenvalue weighted by Crippen LogP contribution is -2.19. The van der Waals surface area contributed by atoms with Crippen molar-refractivity contribution in [1.82, 2.24) is 5.32 Å². The van der Waals surface area contributed by atoms with Crippen molar-refractivity contribution < 1.29 is 14.4 Å². The van der Waals surface area contributed by atoms with Crippen molar-refractivity contribution in [2.75, 3.05) is 11.1 Å². The second kappa shape index (κ2) is 7.40. The standard InChI is InChI=1S/C16H18N2O3S2/c19-14(4-2-1-3-11-7-8-22-23-11)17-10-5-6-12-13(9-10)16(21)18-15(12)20/h5-6,9,11H,1-4,7-8H2,(H,17,19)(H,18,20,21). The van der Waals surface area contributed by atoms with Crippen LogP contribution in [0.25, 0.3) is 0 Å². The van der Waals surface area contributed by atoms with E-state index in [0.717, 1.165) is 18.1 Å². The molecule has 1 unspecified atom stereocenters. The van der Waals surface area contributed by atoms with Gasteiger partial charge in [0, 0.05) is 23.1 Å². The van der Waals surface area contributed by atoms with Crippen LogP contribution in [0.15, 0.2) is 18.2 Å². The largest absolute Gasteiger partial charge is 0.326 e. The first-order valence-corrected chi connectivity index (χ1v) is 10.1. The van der Waals surface area contributed by atoms with E-state index < -0.39 is 5.91 Å². The van der Waals surface area contributed by atoms with Gasteiger partial charge in [-0.3, -0.25) is 19.7 Å². The van der Waals surface area contributed by atoms with Crippen LogP contribution in [0.3, 0.4) is 0 Å². The van der Waals surface area contributed by atoms with Crippen LogP contribution in [0.5, 0.6) is 0 Å². The van der Waals surface area contributed by atoms with E-state index in [1.54, 1.807) is 18.2 Å². The molecule has 0 aromatic heterocycles. The Hall–Kier alpha value is -1.47. The van der Waals surface area contributed by atoms with Crippen molar-refractivity contribution in [3.63, 3.8) is 0 Å². The van der Waals surface area contributed by atoms with Crippen LogP contribution in [0.4, 0.5) is 5.69 Å². The Morgan fingerprint density at radius 2 is 2.04 bits per heavy atom. The summed E-state index contributed by atoms with van der Waals surface area (Å²) < 4.78 is 0. The molecule has 1 aromatic rings. The average Bonchev–Trinajstić information content (AvgIpc) is 3.13. The Bertz CT molecular complexity index is 642. The fourth-order valence-corrected chi connectivity index (χ4v) is 5.72. The van der Waals surface area contributed by atoms with Gasteiger partial charge >= 0.3 is 0 Å². The van der Waals surface area contributed by atoms with Crippen molar-refractivity contribution >= 4 is 45.0 Å². The average molecular weight is 350 g/mol. The lowest BCUT2D eigenvalue weighted by molar-refractivity contribution is -0.116. The van der Waals surface area contributed by atoms with Crippen molar-refractivity contribution in [2.24, 2.45) is 0 Å². The van der Waals surface area contributed by atoms with E-state index in [1.165, 1.54) is 18.6 Å². The van der Waals surface area contributed by atoms with Crippen LogP contribution >= 0.6 is 21.6 Å². The highest BCUT2D eigenvalue weighted by Crippen LogP contribution is 2.39. The summed E-state index contributed by atoms with van der Waals surface area (Å²) in [7, 11) is 3.91. The third kappa shape index (κ3) is 4.09. The number of rotatable bonds is 6. The van der Waals surface area contributed by atoms with Gasteiger partial charge in [-0.05, 0) is 37.5 Å². The summed E-state index contributed by atoms with van der Waals surface area (Å²) in [6, 6.07) is 4.78. The number of benzene rings is 1. The molecule has 2 aliphatic rings. The molecular formula is C16H18N2O3S2. The minimum Gasteiger partial charge on any atom is -0.326 e. The summed E-state index contributed by atoms with van der Waals surface area (Å²) in [5, 5.41) is 5.78. The Labute approximate surface area is 142 Å². The van der Waals surface area contributed by atoms with Crippen LogP contribution in [-0.4, -0.2) is 28.7 Å². The number of amides is 3. The number of imide groups is 1. The van der Waals surface area contributed by atoms with E-state index in [0.29, 0.717) is 23.2 Å². The van der Waals surface area contributed by atoms with Crippen molar-refractivity contribution in [2.45, 2.75) is 37.4 Å². The van der Waals surface area contributed by atoms with Crippen LogP contribution < -0.4 is 10.6 Å². The summed E-state index contributed by atoms with van der Waals surface area (Å²) in [5.41, 5.74) is 1.24. The van der Waals surface area contributed by atoms with Crippen LogP contribution in [0.1, 0.15) is 52.8 Å². The molecule has 1 aromatic carbocycles. The first-order valence-electron chi connectivity index (χ1n) is 7.71. The van der Waals surface area contributed by atoms with E-state index in [2.05, 4.69) is 10.6 Å². The number of hydrogen-bond donors (Lipinski definition) is 2. The second-order valence-electron chi connectivity index (χ2n) is 5.67. The normalized spacial score (nSPS) is 19.6. The monoisotopic (exact) mass is 350 g/mol. The van der Waals surface area contributed by atoms with Gasteiger partial charge in [0.2, 0.25) is 5.91 Å². The molecule has 3 amide bonds. The molecule has 23 heavy (non-hydrogen) atoms. The Kier molecular flexibility index (Phi) is 5.27. The molecule has 122 valence electrons. The highest BCUT2D eigenvalue weighted by molar-refractivity contribution is 8.77. The minimum absolute atomic E-state index is 0.0527. The summed E-state index contributed by atoms with van der Waals surface area (Å²) >= 11 is 0. The lowest BCUT2D eigenvalue weighted by atomic mass is 10.1. The fraction of sp³-hybridized carbons (Fsp3) is 0.438. The van der Waals surface area contributed by atoms with Gasteiger partial charge < -0.3 is 5.32 Å². The quantitative estimate of drug-likeness (QED) is 0.468. The zero-order valence-electron chi connectivity index (χ0n) is 12.6. The van der Waals surface area contributed by atoms with Crippen LogP contribution in [0.2, 0.25) is 0 Å². The zero-order valence-corrected chi connectivity index (χ0v) is 14.2. The molecule has 1 fully saturated rings. The smallest absolute Gasteiger partial charge is 0.259 e. The zero-order chi connectivity index (χ0) is 16.2. The molecule has 1 saturated heterocycles.